The van der Waals surface area contributed by atoms with E-state index < -0.39 is 11.7 Å². The molecule has 21 heavy (non-hydrogen) atoms. The fourth-order valence-electron chi connectivity index (χ4n) is 1.67. The van der Waals surface area contributed by atoms with Crippen LogP contribution in [0.4, 0.5) is 4.39 Å². The zero-order valence-corrected chi connectivity index (χ0v) is 11.7. The van der Waals surface area contributed by atoms with Crippen LogP contribution in [0.5, 0.6) is 5.75 Å². The van der Waals surface area contributed by atoms with Gasteiger partial charge >= 0.3 is 0 Å². The smallest absolute Gasteiger partial charge is 0.255 e. The minimum Gasteiger partial charge on any atom is -0.507 e. The summed E-state index contributed by atoms with van der Waals surface area (Å²) >= 11 is 1.41. The first-order valence-corrected chi connectivity index (χ1v) is 6.92. The van der Waals surface area contributed by atoms with E-state index in [-0.39, 0.29) is 24.5 Å². The lowest BCUT2D eigenvalue weighted by Gasteiger charge is -2.06. The van der Waals surface area contributed by atoms with Gasteiger partial charge in [0.15, 0.2) is 0 Å². The first-order chi connectivity index (χ1) is 10.1. The van der Waals surface area contributed by atoms with Crippen molar-refractivity contribution in [2.75, 3.05) is 6.61 Å². The number of rotatable bonds is 3. The Morgan fingerprint density at radius 2 is 2.19 bits per heavy atom. The number of amides is 1. The average molecular weight is 305 g/mol. The SMILES string of the molecule is O=C(NCc1sccc1C#CCO)c1cc(F)ccc1O. The molecule has 0 saturated carbocycles. The van der Waals surface area contributed by atoms with Crippen molar-refractivity contribution in [3.63, 3.8) is 0 Å². The summed E-state index contributed by atoms with van der Waals surface area (Å²) < 4.78 is 13.1. The van der Waals surface area contributed by atoms with Gasteiger partial charge in [-0.3, -0.25) is 4.79 Å². The van der Waals surface area contributed by atoms with Crippen LogP contribution >= 0.6 is 11.3 Å². The van der Waals surface area contributed by atoms with Gasteiger partial charge in [0.05, 0.1) is 12.1 Å². The number of phenolic OH excluding ortho intramolecular Hbond substituents is 1. The molecule has 4 nitrogen and oxygen atoms in total. The summed E-state index contributed by atoms with van der Waals surface area (Å²) in [6.45, 7) is -0.0271. The molecule has 0 aliphatic heterocycles. The number of carbonyl (C=O) groups excluding carboxylic acids is 1. The Balaban J connectivity index is 2.08. The molecule has 1 aromatic heterocycles. The first kappa shape index (κ1) is 15.0. The molecule has 0 saturated heterocycles. The van der Waals surface area contributed by atoms with Crippen molar-refractivity contribution in [3.8, 4) is 17.6 Å². The maximum Gasteiger partial charge on any atom is 0.255 e. The molecule has 0 fully saturated rings. The van der Waals surface area contributed by atoms with Gasteiger partial charge in [-0.25, -0.2) is 4.39 Å². The van der Waals surface area contributed by atoms with Gasteiger partial charge in [0.2, 0.25) is 0 Å². The Morgan fingerprint density at radius 3 is 2.95 bits per heavy atom. The fourth-order valence-corrected chi connectivity index (χ4v) is 2.44. The lowest BCUT2D eigenvalue weighted by Crippen LogP contribution is -2.22. The molecule has 2 rings (SSSR count). The van der Waals surface area contributed by atoms with Crippen LogP contribution in [0.2, 0.25) is 0 Å². The molecule has 3 N–H and O–H groups in total. The van der Waals surface area contributed by atoms with Crippen molar-refractivity contribution in [2.24, 2.45) is 0 Å². The van der Waals surface area contributed by atoms with E-state index in [0.717, 1.165) is 28.6 Å². The molecule has 0 aliphatic carbocycles. The maximum absolute atomic E-state index is 13.1. The second-order valence-corrected chi connectivity index (χ2v) is 5.06. The number of hydrogen-bond acceptors (Lipinski definition) is 4. The maximum atomic E-state index is 13.1. The van der Waals surface area contributed by atoms with Crippen LogP contribution in [-0.2, 0) is 6.54 Å². The van der Waals surface area contributed by atoms with Gasteiger partial charge in [0.1, 0.15) is 18.2 Å². The molecular weight excluding hydrogens is 293 g/mol. The monoisotopic (exact) mass is 305 g/mol. The van der Waals surface area contributed by atoms with Gasteiger partial charge in [-0.05, 0) is 29.6 Å². The third-order valence-electron chi connectivity index (χ3n) is 2.66. The van der Waals surface area contributed by atoms with Crippen LogP contribution in [0.15, 0.2) is 29.6 Å². The van der Waals surface area contributed by atoms with Crippen LogP contribution in [0.1, 0.15) is 20.8 Å². The van der Waals surface area contributed by atoms with Crippen molar-refractivity contribution < 1.29 is 19.4 Å². The molecule has 0 spiro atoms. The molecular formula is C15H12FNO3S. The normalized spacial score (nSPS) is 9.81. The van der Waals surface area contributed by atoms with Crippen molar-refractivity contribution in [1.82, 2.24) is 5.32 Å². The number of aliphatic hydroxyl groups excluding tert-OH is 1. The Labute approximate surface area is 124 Å². The highest BCUT2D eigenvalue weighted by molar-refractivity contribution is 7.10. The second-order valence-electron chi connectivity index (χ2n) is 4.06. The van der Waals surface area contributed by atoms with Crippen molar-refractivity contribution in [1.29, 1.82) is 0 Å². The highest BCUT2D eigenvalue weighted by Crippen LogP contribution is 2.19. The summed E-state index contributed by atoms with van der Waals surface area (Å²) in [5.74, 6) is 3.87. The molecule has 0 aliphatic rings. The molecule has 108 valence electrons. The molecule has 0 atom stereocenters. The minimum absolute atomic E-state index is 0.116. The number of aromatic hydroxyl groups is 1. The Morgan fingerprint density at radius 1 is 1.38 bits per heavy atom. The van der Waals surface area contributed by atoms with Crippen LogP contribution in [0, 0.1) is 17.7 Å². The molecule has 1 aromatic carbocycles. The Bertz CT molecular complexity index is 715. The zero-order valence-electron chi connectivity index (χ0n) is 10.9. The summed E-state index contributed by atoms with van der Waals surface area (Å²) in [7, 11) is 0. The van der Waals surface area contributed by atoms with Gasteiger partial charge in [0, 0.05) is 10.4 Å². The molecule has 0 unspecified atom stereocenters. The number of nitrogens with one attached hydrogen (secondary N) is 1. The number of thiophene rings is 1. The number of halogens is 1. The highest BCUT2D eigenvalue weighted by Gasteiger charge is 2.12. The molecule has 2 aromatic rings. The highest BCUT2D eigenvalue weighted by atomic mass is 32.1. The second kappa shape index (κ2) is 6.88. The van der Waals surface area contributed by atoms with E-state index in [1.54, 1.807) is 6.07 Å². The zero-order chi connectivity index (χ0) is 15.2. The van der Waals surface area contributed by atoms with E-state index in [0.29, 0.717) is 0 Å². The van der Waals surface area contributed by atoms with Gasteiger partial charge in [-0.15, -0.1) is 11.3 Å². The number of carbonyl (C=O) groups is 1. The lowest BCUT2D eigenvalue weighted by molar-refractivity contribution is 0.0948. The third kappa shape index (κ3) is 3.81. The largest absolute Gasteiger partial charge is 0.507 e. The van der Waals surface area contributed by atoms with E-state index in [1.807, 2.05) is 5.38 Å². The Hall–Kier alpha value is -2.36. The van der Waals surface area contributed by atoms with Crippen molar-refractivity contribution in [3.05, 3.63) is 51.5 Å². The predicted octanol–water partition coefficient (Wildman–Crippen LogP) is 1.87. The summed E-state index contributed by atoms with van der Waals surface area (Å²) in [6, 6.07) is 4.97. The lowest BCUT2D eigenvalue weighted by atomic mass is 10.2. The van der Waals surface area contributed by atoms with Crippen LogP contribution in [-0.4, -0.2) is 22.7 Å². The van der Waals surface area contributed by atoms with Crippen LogP contribution < -0.4 is 5.32 Å². The summed E-state index contributed by atoms with van der Waals surface area (Å²) in [5.41, 5.74) is 0.604. The van der Waals surface area contributed by atoms with Gasteiger partial charge in [-0.1, -0.05) is 11.8 Å². The van der Waals surface area contributed by atoms with Crippen molar-refractivity contribution >= 4 is 17.2 Å². The van der Waals surface area contributed by atoms with Gasteiger partial charge in [0.25, 0.3) is 5.91 Å². The molecule has 1 heterocycles. The third-order valence-corrected chi connectivity index (χ3v) is 3.58. The van der Waals surface area contributed by atoms with Gasteiger partial charge in [-0.2, -0.15) is 0 Å². The first-order valence-electron chi connectivity index (χ1n) is 6.04. The molecule has 6 heteroatoms. The Kier molecular flexibility index (Phi) is 4.93. The van der Waals surface area contributed by atoms with E-state index in [2.05, 4.69) is 17.2 Å². The summed E-state index contributed by atoms with van der Waals surface area (Å²) in [6.07, 6.45) is 0. The quantitative estimate of drug-likeness (QED) is 0.758. The number of phenols is 1. The molecule has 1 amide bonds. The van der Waals surface area contributed by atoms with E-state index in [9.17, 15) is 14.3 Å². The van der Waals surface area contributed by atoms with Crippen LogP contribution in [0.25, 0.3) is 0 Å². The standard InChI is InChI=1S/C15H12FNO3S/c16-11-3-4-13(19)12(8-11)15(20)17-9-14-10(2-1-6-18)5-7-21-14/h3-5,7-8,18-19H,6,9H2,(H,17,20). The van der Waals surface area contributed by atoms with E-state index in [4.69, 9.17) is 5.11 Å². The predicted molar refractivity (Wildman–Crippen MR) is 77.5 cm³/mol. The summed E-state index contributed by atoms with van der Waals surface area (Å²) in [5, 5.41) is 22.7. The number of hydrogen-bond donors (Lipinski definition) is 3. The molecule has 0 bridgehead atoms. The van der Waals surface area contributed by atoms with E-state index >= 15 is 0 Å². The minimum atomic E-state index is -0.594. The summed E-state index contributed by atoms with van der Waals surface area (Å²) in [4.78, 5) is 12.7. The number of aliphatic hydroxyl groups is 1. The molecule has 0 radical (unpaired) electrons. The topological polar surface area (TPSA) is 69.6 Å². The van der Waals surface area contributed by atoms with Gasteiger partial charge < -0.3 is 15.5 Å². The van der Waals surface area contributed by atoms with Crippen LogP contribution in [0.3, 0.4) is 0 Å². The van der Waals surface area contributed by atoms with Crippen molar-refractivity contribution in [2.45, 2.75) is 6.54 Å². The number of benzene rings is 1. The average Bonchev–Trinajstić information content (AvgIpc) is 2.92. The van der Waals surface area contributed by atoms with E-state index in [1.165, 1.54) is 11.3 Å². The fraction of sp³-hybridized carbons (Fsp3) is 0.133.